The monoisotopic (exact) mass is 231 g/mol. The fourth-order valence-electron chi connectivity index (χ4n) is 1.45. The maximum atomic E-state index is 11.5. The van der Waals surface area contributed by atoms with Crippen LogP contribution in [0.2, 0.25) is 0 Å². The molecule has 5 heteroatoms. The number of nitrogens with two attached hydrogens (primary N) is 1. The van der Waals surface area contributed by atoms with Crippen LogP contribution in [0.4, 0.5) is 4.79 Å². The van der Waals surface area contributed by atoms with E-state index in [1.165, 1.54) is 0 Å². The number of nitrogens with zero attached hydrogens (tertiary/aromatic N) is 1. The van der Waals surface area contributed by atoms with E-state index in [4.69, 9.17) is 10.5 Å². The first kappa shape index (κ1) is 15.2. The highest BCUT2D eigenvalue weighted by Gasteiger charge is 2.22. The molecular formula is C11H25N3O2. The average molecular weight is 231 g/mol. The summed E-state index contributed by atoms with van der Waals surface area (Å²) in [7, 11) is 3.87. The molecule has 2 unspecified atom stereocenters. The standard InChI is InChI=1S/C11H25N3O2/c1-8(9(7-12)14(5)6)13-10(15)16-11(2,3)4/h8-9H,7,12H2,1-6H3,(H,13,15). The summed E-state index contributed by atoms with van der Waals surface area (Å²) in [5.41, 5.74) is 5.17. The quantitative estimate of drug-likeness (QED) is 0.750. The number of amides is 1. The molecule has 0 fully saturated rings. The van der Waals surface area contributed by atoms with Gasteiger partial charge in [-0.15, -0.1) is 0 Å². The Morgan fingerprint density at radius 2 is 1.94 bits per heavy atom. The topological polar surface area (TPSA) is 67.6 Å². The van der Waals surface area contributed by atoms with Crippen molar-refractivity contribution in [3.8, 4) is 0 Å². The van der Waals surface area contributed by atoms with E-state index in [0.717, 1.165) is 0 Å². The molecular weight excluding hydrogens is 206 g/mol. The second kappa shape index (κ2) is 6.06. The molecule has 0 spiro atoms. The Bertz CT molecular complexity index is 224. The van der Waals surface area contributed by atoms with Crippen molar-refractivity contribution in [3.05, 3.63) is 0 Å². The number of ether oxygens (including phenoxy) is 1. The first-order valence-electron chi connectivity index (χ1n) is 5.53. The van der Waals surface area contributed by atoms with Gasteiger partial charge in [-0.1, -0.05) is 0 Å². The van der Waals surface area contributed by atoms with Crippen LogP contribution in [-0.2, 0) is 4.74 Å². The van der Waals surface area contributed by atoms with Crippen molar-refractivity contribution >= 4 is 6.09 Å². The van der Waals surface area contributed by atoms with Crippen LogP contribution in [0, 0.1) is 0 Å². The third-order valence-corrected chi connectivity index (χ3v) is 2.23. The Labute approximate surface area is 98.3 Å². The van der Waals surface area contributed by atoms with Crippen LogP contribution in [0.1, 0.15) is 27.7 Å². The molecule has 96 valence electrons. The lowest BCUT2D eigenvalue weighted by Gasteiger charge is -2.30. The molecule has 2 atom stereocenters. The number of nitrogens with one attached hydrogen (secondary N) is 1. The molecule has 0 aromatic rings. The molecule has 16 heavy (non-hydrogen) atoms. The highest BCUT2D eigenvalue weighted by molar-refractivity contribution is 5.68. The zero-order valence-electron chi connectivity index (χ0n) is 11.2. The van der Waals surface area contributed by atoms with Crippen molar-refractivity contribution in [2.45, 2.75) is 45.4 Å². The van der Waals surface area contributed by atoms with Gasteiger partial charge < -0.3 is 20.7 Å². The molecule has 0 saturated carbocycles. The lowest BCUT2D eigenvalue weighted by atomic mass is 10.1. The van der Waals surface area contributed by atoms with Crippen molar-refractivity contribution in [2.75, 3.05) is 20.6 Å². The minimum atomic E-state index is -0.472. The Kier molecular flexibility index (Phi) is 5.75. The normalized spacial score (nSPS) is 15.8. The fraction of sp³-hybridized carbons (Fsp3) is 0.909. The third kappa shape index (κ3) is 5.92. The van der Waals surface area contributed by atoms with Crippen molar-refractivity contribution in [2.24, 2.45) is 5.73 Å². The molecule has 0 radical (unpaired) electrons. The van der Waals surface area contributed by atoms with Crippen LogP contribution >= 0.6 is 0 Å². The molecule has 0 aliphatic carbocycles. The van der Waals surface area contributed by atoms with Crippen molar-refractivity contribution < 1.29 is 9.53 Å². The number of carbonyl (C=O) groups excluding carboxylic acids is 1. The summed E-state index contributed by atoms with van der Waals surface area (Å²) < 4.78 is 5.17. The minimum Gasteiger partial charge on any atom is -0.444 e. The Morgan fingerprint density at radius 3 is 2.25 bits per heavy atom. The zero-order valence-corrected chi connectivity index (χ0v) is 11.2. The van der Waals surface area contributed by atoms with E-state index in [2.05, 4.69) is 5.32 Å². The fourth-order valence-corrected chi connectivity index (χ4v) is 1.45. The molecule has 0 heterocycles. The summed E-state index contributed by atoms with van der Waals surface area (Å²) >= 11 is 0. The number of carbonyl (C=O) groups is 1. The van der Waals surface area contributed by atoms with E-state index >= 15 is 0 Å². The lowest BCUT2D eigenvalue weighted by molar-refractivity contribution is 0.0484. The van der Waals surface area contributed by atoms with Gasteiger partial charge in [0.1, 0.15) is 5.60 Å². The summed E-state index contributed by atoms with van der Waals surface area (Å²) in [4.78, 5) is 13.5. The van der Waals surface area contributed by atoms with Crippen molar-refractivity contribution in [1.29, 1.82) is 0 Å². The first-order chi connectivity index (χ1) is 7.17. The average Bonchev–Trinajstić information content (AvgIpc) is 1.99. The molecule has 0 aliphatic heterocycles. The third-order valence-electron chi connectivity index (χ3n) is 2.23. The van der Waals surface area contributed by atoms with E-state index < -0.39 is 11.7 Å². The van der Waals surface area contributed by atoms with Gasteiger partial charge >= 0.3 is 6.09 Å². The van der Waals surface area contributed by atoms with Gasteiger partial charge in [-0.3, -0.25) is 0 Å². The predicted molar refractivity (Wildman–Crippen MR) is 65.4 cm³/mol. The van der Waals surface area contributed by atoms with Crippen molar-refractivity contribution in [1.82, 2.24) is 10.2 Å². The van der Waals surface area contributed by atoms with Crippen LogP contribution in [-0.4, -0.2) is 49.3 Å². The second-order valence-electron chi connectivity index (χ2n) is 5.20. The van der Waals surface area contributed by atoms with Gasteiger partial charge in [0.2, 0.25) is 0 Å². The number of alkyl carbamates (subject to hydrolysis) is 1. The van der Waals surface area contributed by atoms with Gasteiger partial charge in [0.05, 0.1) is 0 Å². The summed E-state index contributed by atoms with van der Waals surface area (Å²) in [6, 6.07) is 0.0577. The zero-order chi connectivity index (χ0) is 12.9. The van der Waals surface area contributed by atoms with E-state index in [0.29, 0.717) is 6.54 Å². The van der Waals surface area contributed by atoms with E-state index in [1.54, 1.807) is 0 Å². The summed E-state index contributed by atoms with van der Waals surface area (Å²) in [6.07, 6.45) is -0.402. The predicted octanol–water partition coefficient (Wildman–Crippen LogP) is 0.789. The van der Waals surface area contributed by atoms with E-state index in [9.17, 15) is 4.79 Å². The van der Waals surface area contributed by atoms with Crippen molar-refractivity contribution in [3.63, 3.8) is 0 Å². The summed E-state index contributed by atoms with van der Waals surface area (Å²) in [6.45, 7) is 7.92. The maximum Gasteiger partial charge on any atom is 0.407 e. The Balaban J connectivity index is 4.22. The number of hydrogen-bond donors (Lipinski definition) is 2. The van der Waals surface area contributed by atoms with Crippen LogP contribution in [0.5, 0.6) is 0 Å². The SMILES string of the molecule is CC(NC(=O)OC(C)(C)C)C(CN)N(C)C. The van der Waals surface area contributed by atoms with Gasteiger partial charge in [0.15, 0.2) is 0 Å². The van der Waals surface area contributed by atoms with Crippen LogP contribution < -0.4 is 11.1 Å². The largest absolute Gasteiger partial charge is 0.444 e. The highest BCUT2D eigenvalue weighted by atomic mass is 16.6. The van der Waals surface area contributed by atoms with Gasteiger partial charge in [0, 0.05) is 18.6 Å². The Hall–Kier alpha value is -0.810. The smallest absolute Gasteiger partial charge is 0.407 e. The number of rotatable bonds is 4. The molecule has 3 N–H and O–H groups in total. The minimum absolute atomic E-state index is 0.0464. The molecule has 0 rings (SSSR count). The van der Waals surface area contributed by atoms with Crippen LogP contribution in [0.25, 0.3) is 0 Å². The Morgan fingerprint density at radius 1 is 1.44 bits per heavy atom. The molecule has 0 aromatic carbocycles. The van der Waals surface area contributed by atoms with Gasteiger partial charge in [0.25, 0.3) is 0 Å². The van der Waals surface area contributed by atoms with Crippen LogP contribution in [0.3, 0.4) is 0 Å². The summed E-state index contributed by atoms with van der Waals surface area (Å²) in [5.74, 6) is 0. The lowest BCUT2D eigenvalue weighted by Crippen LogP contribution is -2.52. The molecule has 0 saturated heterocycles. The molecule has 1 amide bonds. The van der Waals surface area contributed by atoms with E-state index in [1.807, 2.05) is 46.7 Å². The second-order valence-corrected chi connectivity index (χ2v) is 5.20. The molecule has 0 aromatic heterocycles. The number of likely N-dealkylation sites (N-methyl/N-ethyl adjacent to an activating group) is 1. The molecule has 0 aliphatic rings. The van der Waals surface area contributed by atoms with Gasteiger partial charge in [-0.25, -0.2) is 4.79 Å². The number of hydrogen-bond acceptors (Lipinski definition) is 4. The summed E-state index contributed by atoms with van der Waals surface area (Å²) in [5, 5.41) is 2.79. The van der Waals surface area contributed by atoms with Gasteiger partial charge in [-0.05, 0) is 41.8 Å². The van der Waals surface area contributed by atoms with Crippen LogP contribution in [0.15, 0.2) is 0 Å². The van der Waals surface area contributed by atoms with E-state index in [-0.39, 0.29) is 12.1 Å². The highest BCUT2D eigenvalue weighted by Crippen LogP contribution is 2.07. The first-order valence-corrected chi connectivity index (χ1v) is 5.53. The van der Waals surface area contributed by atoms with Gasteiger partial charge in [-0.2, -0.15) is 0 Å². The molecule has 0 bridgehead atoms. The molecule has 5 nitrogen and oxygen atoms in total. The maximum absolute atomic E-state index is 11.5.